The Morgan fingerprint density at radius 2 is 2.18 bits per heavy atom. The minimum atomic E-state index is -0.294. The van der Waals surface area contributed by atoms with Gasteiger partial charge in [-0.3, -0.25) is 4.79 Å². The second-order valence-corrected chi connectivity index (χ2v) is 3.61. The minimum Gasteiger partial charge on any atom is -0.506 e. The first-order valence-corrected chi connectivity index (χ1v) is 5.28. The maximum absolute atomic E-state index is 12.1. The predicted molar refractivity (Wildman–Crippen MR) is 67.3 cm³/mol. The van der Waals surface area contributed by atoms with Crippen molar-refractivity contribution in [2.75, 3.05) is 0 Å². The fourth-order valence-corrected chi connectivity index (χ4v) is 1.92. The Morgan fingerprint density at radius 3 is 2.82 bits per heavy atom. The van der Waals surface area contributed by atoms with Gasteiger partial charge in [0.15, 0.2) is 0 Å². The molecule has 0 spiro atoms. The molecule has 2 aromatic rings. The molecule has 0 saturated carbocycles. The first-order chi connectivity index (χ1) is 8.20. The Balaban J connectivity index is 2.99. The fourth-order valence-electron chi connectivity index (χ4n) is 1.92. The van der Waals surface area contributed by atoms with E-state index in [2.05, 4.69) is 5.10 Å². The van der Waals surface area contributed by atoms with Crippen LogP contribution in [0.5, 0.6) is 5.75 Å². The molecule has 0 saturated heterocycles. The highest BCUT2D eigenvalue weighted by molar-refractivity contribution is 5.94. The van der Waals surface area contributed by atoms with Crippen LogP contribution in [0.1, 0.15) is 12.5 Å². The average molecular weight is 231 g/mol. The van der Waals surface area contributed by atoms with E-state index in [1.165, 1.54) is 6.21 Å². The number of aryl methyl sites for hydroxylation is 1. The molecule has 17 heavy (non-hydrogen) atoms. The van der Waals surface area contributed by atoms with Crippen LogP contribution in [0.25, 0.3) is 10.9 Å². The van der Waals surface area contributed by atoms with Gasteiger partial charge in [0.05, 0.1) is 11.7 Å². The van der Waals surface area contributed by atoms with Gasteiger partial charge in [-0.25, -0.2) is 0 Å². The molecule has 0 radical (unpaired) electrons. The average Bonchev–Trinajstić information content (AvgIpc) is 2.35. The minimum absolute atomic E-state index is 0.0792. The Labute approximate surface area is 97.8 Å². The van der Waals surface area contributed by atoms with Gasteiger partial charge in [-0.1, -0.05) is 12.1 Å². The molecule has 0 atom stereocenters. The van der Waals surface area contributed by atoms with Gasteiger partial charge in [0.2, 0.25) is 0 Å². The van der Waals surface area contributed by atoms with Crippen molar-refractivity contribution >= 4 is 17.1 Å². The highest BCUT2D eigenvalue weighted by Crippen LogP contribution is 2.24. The Morgan fingerprint density at radius 1 is 1.47 bits per heavy atom. The number of benzene rings is 1. The lowest BCUT2D eigenvalue weighted by Gasteiger charge is -2.11. The number of hydrogen-bond donors (Lipinski definition) is 2. The molecule has 1 heterocycles. The summed E-state index contributed by atoms with van der Waals surface area (Å²) in [7, 11) is 0. The lowest BCUT2D eigenvalue weighted by molar-refractivity contribution is 0.478. The molecule has 2 rings (SSSR count). The number of pyridine rings is 1. The van der Waals surface area contributed by atoms with E-state index in [-0.39, 0.29) is 16.9 Å². The summed E-state index contributed by atoms with van der Waals surface area (Å²) in [5.41, 5.74) is 0.526. The van der Waals surface area contributed by atoms with Gasteiger partial charge < -0.3 is 15.5 Å². The number of aromatic hydroxyl groups is 1. The maximum Gasteiger partial charge on any atom is 0.263 e. The predicted octanol–water partition coefficient (Wildman–Crippen LogP) is 1.02. The number of aromatic nitrogens is 1. The van der Waals surface area contributed by atoms with Crippen molar-refractivity contribution in [1.82, 2.24) is 4.57 Å². The molecule has 5 nitrogen and oxygen atoms in total. The van der Waals surface area contributed by atoms with Crippen molar-refractivity contribution in [3.8, 4) is 5.75 Å². The molecule has 1 aromatic carbocycles. The summed E-state index contributed by atoms with van der Waals surface area (Å²) in [4.78, 5) is 12.1. The third kappa shape index (κ3) is 1.65. The highest BCUT2D eigenvalue weighted by atomic mass is 16.3. The SMILES string of the molecule is CCn1c(=O)c(/C=N\N)c(O)c2ccccc21. The fraction of sp³-hybridized carbons (Fsp3) is 0.167. The number of nitrogens with zero attached hydrogens (tertiary/aromatic N) is 2. The highest BCUT2D eigenvalue weighted by Gasteiger charge is 2.13. The van der Waals surface area contributed by atoms with E-state index in [1.54, 1.807) is 22.8 Å². The van der Waals surface area contributed by atoms with E-state index >= 15 is 0 Å². The standard InChI is InChI=1S/C12H13N3O2/c1-2-15-10-6-4-3-5-8(10)11(16)9(7-14-13)12(15)17/h3-7,16H,2,13H2,1H3/b14-7-. The molecule has 0 amide bonds. The Hall–Kier alpha value is -2.30. The van der Waals surface area contributed by atoms with E-state index in [9.17, 15) is 9.90 Å². The molecule has 0 aliphatic rings. The third-order valence-corrected chi connectivity index (χ3v) is 2.70. The first kappa shape index (κ1) is 11.2. The number of hydrogen-bond acceptors (Lipinski definition) is 4. The molecule has 0 fully saturated rings. The van der Waals surface area contributed by atoms with Gasteiger partial charge in [-0.2, -0.15) is 5.10 Å². The van der Waals surface area contributed by atoms with E-state index in [4.69, 9.17) is 5.84 Å². The summed E-state index contributed by atoms with van der Waals surface area (Å²) < 4.78 is 1.58. The molecule has 3 N–H and O–H groups in total. The van der Waals surface area contributed by atoms with Crippen LogP contribution in [0, 0.1) is 0 Å². The topological polar surface area (TPSA) is 80.6 Å². The molecule has 0 unspecified atom stereocenters. The van der Waals surface area contributed by atoms with Crippen molar-refractivity contribution in [3.05, 3.63) is 40.2 Å². The second kappa shape index (κ2) is 4.29. The third-order valence-electron chi connectivity index (χ3n) is 2.70. The van der Waals surface area contributed by atoms with Crippen LogP contribution in [0.15, 0.2) is 34.2 Å². The van der Waals surface area contributed by atoms with Crippen LogP contribution in [0.3, 0.4) is 0 Å². The largest absolute Gasteiger partial charge is 0.506 e. The van der Waals surface area contributed by atoms with Crippen LogP contribution in [-0.4, -0.2) is 15.9 Å². The molecule has 88 valence electrons. The second-order valence-electron chi connectivity index (χ2n) is 3.61. The van der Waals surface area contributed by atoms with Gasteiger partial charge >= 0.3 is 0 Å². The van der Waals surface area contributed by atoms with Gasteiger partial charge in [0.1, 0.15) is 11.3 Å². The molecule has 0 aliphatic heterocycles. The maximum atomic E-state index is 12.1. The summed E-state index contributed by atoms with van der Waals surface area (Å²) >= 11 is 0. The van der Waals surface area contributed by atoms with Crippen molar-refractivity contribution in [1.29, 1.82) is 0 Å². The Kier molecular flexibility index (Phi) is 2.82. The lowest BCUT2D eigenvalue weighted by Crippen LogP contribution is -2.23. The van der Waals surface area contributed by atoms with E-state index in [1.807, 2.05) is 13.0 Å². The summed E-state index contributed by atoms with van der Waals surface area (Å²) in [5, 5.41) is 13.9. The Bertz CT molecular complexity index is 644. The molecule has 5 heteroatoms. The number of nitrogens with two attached hydrogens (primary N) is 1. The monoisotopic (exact) mass is 231 g/mol. The number of hydrazone groups is 1. The molecule has 0 bridgehead atoms. The van der Waals surface area contributed by atoms with Gasteiger partial charge in [-0.05, 0) is 19.1 Å². The molecular formula is C12H13N3O2. The quantitative estimate of drug-likeness (QED) is 0.460. The lowest BCUT2D eigenvalue weighted by atomic mass is 10.1. The van der Waals surface area contributed by atoms with Crippen LogP contribution in [-0.2, 0) is 6.54 Å². The molecular weight excluding hydrogens is 218 g/mol. The van der Waals surface area contributed by atoms with Crippen molar-refractivity contribution < 1.29 is 5.11 Å². The summed E-state index contributed by atoms with van der Waals surface area (Å²) in [6, 6.07) is 7.17. The van der Waals surface area contributed by atoms with Crippen molar-refractivity contribution in [3.63, 3.8) is 0 Å². The first-order valence-electron chi connectivity index (χ1n) is 5.28. The number of fused-ring (bicyclic) bond motifs is 1. The number of rotatable bonds is 2. The zero-order valence-corrected chi connectivity index (χ0v) is 9.42. The summed E-state index contributed by atoms with van der Waals surface area (Å²) in [5.74, 6) is 4.96. The van der Waals surface area contributed by atoms with Crippen LogP contribution < -0.4 is 11.4 Å². The van der Waals surface area contributed by atoms with E-state index < -0.39 is 0 Å². The van der Waals surface area contributed by atoms with E-state index in [0.717, 1.165) is 0 Å². The van der Waals surface area contributed by atoms with Crippen LogP contribution in [0.2, 0.25) is 0 Å². The molecule has 0 aliphatic carbocycles. The van der Waals surface area contributed by atoms with Crippen LogP contribution >= 0.6 is 0 Å². The van der Waals surface area contributed by atoms with Gasteiger partial charge in [-0.15, -0.1) is 0 Å². The summed E-state index contributed by atoms with van der Waals surface area (Å²) in [6.07, 6.45) is 1.18. The van der Waals surface area contributed by atoms with E-state index in [0.29, 0.717) is 17.4 Å². The smallest absolute Gasteiger partial charge is 0.263 e. The van der Waals surface area contributed by atoms with Gasteiger partial charge in [0, 0.05) is 11.9 Å². The summed E-state index contributed by atoms with van der Waals surface area (Å²) in [6.45, 7) is 2.39. The normalized spacial score (nSPS) is 11.4. The molecule has 1 aromatic heterocycles. The zero-order valence-electron chi connectivity index (χ0n) is 9.42. The van der Waals surface area contributed by atoms with Crippen molar-refractivity contribution in [2.24, 2.45) is 10.9 Å². The van der Waals surface area contributed by atoms with Gasteiger partial charge in [0.25, 0.3) is 5.56 Å². The van der Waals surface area contributed by atoms with Crippen molar-refractivity contribution in [2.45, 2.75) is 13.5 Å². The zero-order chi connectivity index (χ0) is 12.4. The van der Waals surface area contributed by atoms with Crippen LogP contribution in [0.4, 0.5) is 0 Å². The number of para-hydroxylation sites is 1.